The fourth-order valence-electron chi connectivity index (χ4n) is 1.64. The minimum absolute atomic E-state index is 0.0797. The highest BCUT2D eigenvalue weighted by atomic mass is 35.5. The monoisotopic (exact) mass is 253 g/mol. The molecule has 1 atom stereocenters. The lowest BCUT2D eigenvalue weighted by molar-refractivity contribution is -0.121. The van der Waals surface area contributed by atoms with Gasteiger partial charge in [0, 0.05) is 11.5 Å². The highest BCUT2D eigenvalue weighted by Crippen LogP contribution is 2.20. The Labute approximate surface area is 105 Å². The molecule has 0 bridgehead atoms. The van der Waals surface area contributed by atoms with E-state index >= 15 is 0 Å². The van der Waals surface area contributed by atoms with Crippen LogP contribution in [0.5, 0.6) is 0 Å². The molecule has 0 radical (unpaired) electrons. The number of hydrogen-bond acceptors (Lipinski definition) is 2. The standard InChI is InChI=1S/C12H16ClN3O/c1-2-8(12(16)17)5-7-3-4-10(13)9(6-7)11(14)15/h3-4,6,8H,2,5H2,1H3,(H3,14,15)(H2,16,17). The quantitative estimate of drug-likeness (QED) is 0.550. The van der Waals surface area contributed by atoms with Gasteiger partial charge in [-0.3, -0.25) is 10.2 Å². The Balaban J connectivity index is 2.96. The third kappa shape index (κ3) is 3.46. The Morgan fingerprint density at radius 1 is 1.47 bits per heavy atom. The van der Waals surface area contributed by atoms with Gasteiger partial charge < -0.3 is 11.5 Å². The summed E-state index contributed by atoms with van der Waals surface area (Å²) in [6, 6.07) is 5.23. The summed E-state index contributed by atoms with van der Waals surface area (Å²) in [6.45, 7) is 1.91. The predicted octanol–water partition coefficient (Wildman–Crippen LogP) is 1.68. The van der Waals surface area contributed by atoms with E-state index in [9.17, 15) is 4.79 Å². The smallest absolute Gasteiger partial charge is 0.220 e. The van der Waals surface area contributed by atoms with E-state index < -0.39 is 0 Å². The van der Waals surface area contributed by atoms with Crippen LogP contribution >= 0.6 is 11.6 Å². The van der Waals surface area contributed by atoms with E-state index in [0.717, 1.165) is 5.56 Å². The fourth-order valence-corrected chi connectivity index (χ4v) is 1.86. The van der Waals surface area contributed by atoms with Crippen molar-refractivity contribution in [1.29, 1.82) is 5.41 Å². The Hall–Kier alpha value is -1.55. The van der Waals surface area contributed by atoms with E-state index in [4.69, 9.17) is 28.5 Å². The predicted molar refractivity (Wildman–Crippen MR) is 69.1 cm³/mol. The van der Waals surface area contributed by atoms with Crippen molar-refractivity contribution in [2.45, 2.75) is 19.8 Å². The molecule has 5 N–H and O–H groups in total. The summed E-state index contributed by atoms with van der Waals surface area (Å²) >= 11 is 5.91. The number of carbonyl (C=O) groups is 1. The molecular formula is C12H16ClN3O. The molecule has 0 spiro atoms. The molecule has 0 aliphatic heterocycles. The Kier molecular flexibility index (Phi) is 4.52. The van der Waals surface area contributed by atoms with E-state index in [2.05, 4.69) is 0 Å². The molecule has 0 heterocycles. The van der Waals surface area contributed by atoms with Crippen molar-refractivity contribution >= 4 is 23.3 Å². The van der Waals surface area contributed by atoms with Gasteiger partial charge in [0.25, 0.3) is 0 Å². The van der Waals surface area contributed by atoms with Crippen LogP contribution in [0.3, 0.4) is 0 Å². The van der Waals surface area contributed by atoms with Gasteiger partial charge in [-0.1, -0.05) is 24.6 Å². The zero-order valence-corrected chi connectivity index (χ0v) is 10.4. The fraction of sp³-hybridized carbons (Fsp3) is 0.333. The van der Waals surface area contributed by atoms with Crippen LogP contribution in [-0.2, 0) is 11.2 Å². The highest BCUT2D eigenvalue weighted by Gasteiger charge is 2.14. The summed E-state index contributed by atoms with van der Waals surface area (Å²) in [7, 11) is 0. The lowest BCUT2D eigenvalue weighted by atomic mass is 9.95. The van der Waals surface area contributed by atoms with E-state index in [-0.39, 0.29) is 17.7 Å². The first-order chi connectivity index (χ1) is 7.95. The summed E-state index contributed by atoms with van der Waals surface area (Å²) in [4.78, 5) is 11.1. The maximum absolute atomic E-state index is 11.1. The van der Waals surface area contributed by atoms with E-state index in [1.165, 1.54) is 0 Å². The number of carbonyl (C=O) groups excluding carboxylic acids is 1. The van der Waals surface area contributed by atoms with Crippen molar-refractivity contribution in [3.8, 4) is 0 Å². The Morgan fingerprint density at radius 2 is 2.12 bits per heavy atom. The van der Waals surface area contributed by atoms with Crippen LogP contribution in [0, 0.1) is 11.3 Å². The first-order valence-corrected chi connectivity index (χ1v) is 5.75. The van der Waals surface area contributed by atoms with Gasteiger partial charge in [0.1, 0.15) is 5.84 Å². The van der Waals surface area contributed by atoms with Gasteiger partial charge in [-0.2, -0.15) is 0 Å². The lowest BCUT2D eigenvalue weighted by Gasteiger charge is -2.12. The Bertz CT molecular complexity index is 445. The van der Waals surface area contributed by atoms with Gasteiger partial charge in [-0.05, 0) is 30.5 Å². The molecule has 5 heteroatoms. The summed E-state index contributed by atoms with van der Waals surface area (Å²) in [5, 5.41) is 7.82. The normalized spacial score (nSPS) is 12.1. The second kappa shape index (κ2) is 5.68. The van der Waals surface area contributed by atoms with Gasteiger partial charge in [0.2, 0.25) is 5.91 Å². The number of amides is 1. The average molecular weight is 254 g/mol. The molecule has 0 saturated heterocycles. The molecule has 1 aromatic rings. The average Bonchev–Trinajstić information content (AvgIpc) is 2.27. The molecule has 0 saturated carbocycles. The molecule has 1 amide bonds. The van der Waals surface area contributed by atoms with Gasteiger partial charge >= 0.3 is 0 Å². The largest absolute Gasteiger partial charge is 0.384 e. The van der Waals surface area contributed by atoms with E-state index in [1.54, 1.807) is 12.1 Å². The van der Waals surface area contributed by atoms with Crippen molar-refractivity contribution in [3.63, 3.8) is 0 Å². The van der Waals surface area contributed by atoms with Crippen LogP contribution in [0.2, 0.25) is 5.02 Å². The molecule has 4 nitrogen and oxygen atoms in total. The van der Waals surface area contributed by atoms with Crippen LogP contribution in [0.1, 0.15) is 24.5 Å². The van der Waals surface area contributed by atoms with Gasteiger partial charge in [-0.15, -0.1) is 0 Å². The van der Waals surface area contributed by atoms with E-state index in [1.807, 2.05) is 13.0 Å². The Morgan fingerprint density at radius 3 is 2.59 bits per heavy atom. The summed E-state index contributed by atoms with van der Waals surface area (Å²) in [5.74, 6) is -0.591. The summed E-state index contributed by atoms with van der Waals surface area (Å²) in [6.07, 6.45) is 1.23. The third-order valence-corrected chi connectivity index (χ3v) is 3.03. The van der Waals surface area contributed by atoms with Crippen molar-refractivity contribution in [3.05, 3.63) is 34.3 Å². The lowest BCUT2D eigenvalue weighted by Crippen LogP contribution is -2.24. The van der Waals surface area contributed by atoms with Crippen LogP contribution in [0.25, 0.3) is 0 Å². The van der Waals surface area contributed by atoms with Crippen molar-refractivity contribution in [2.75, 3.05) is 0 Å². The van der Waals surface area contributed by atoms with E-state index in [0.29, 0.717) is 23.4 Å². The number of nitrogen functional groups attached to an aromatic ring is 1. The van der Waals surface area contributed by atoms with Crippen LogP contribution in [0.4, 0.5) is 0 Å². The number of nitrogens with two attached hydrogens (primary N) is 2. The minimum atomic E-state index is -0.313. The van der Waals surface area contributed by atoms with Crippen molar-refractivity contribution in [1.82, 2.24) is 0 Å². The second-order valence-electron chi connectivity index (χ2n) is 3.94. The van der Waals surface area contributed by atoms with Gasteiger partial charge in [0.15, 0.2) is 0 Å². The number of rotatable bonds is 5. The molecule has 0 aliphatic carbocycles. The van der Waals surface area contributed by atoms with Gasteiger partial charge in [0.05, 0.1) is 5.02 Å². The van der Waals surface area contributed by atoms with Crippen molar-refractivity contribution < 1.29 is 4.79 Å². The molecule has 17 heavy (non-hydrogen) atoms. The molecule has 92 valence electrons. The molecule has 0 aromatic heterocycles. The topological polar surface area (TPSA) is 93.0 Å². The first kappa shape index (κ1) is 13.5. The third-order valence-electron chi connectivity index (χ3n) is 2.70. The van der Waals surface area contributed by atoms with Crippen molar-refractivity contribution in [2.24, 2.45) is 17.4 Å². The SMILES string of the molecule is CCC(Cc1ccc(Cl)c(C(=N)N)c1)C(N)=O. The second-order valence-corrected chi connectivity index (χ2v) is 4.35. The molecular weight excluding hydrogens is 238 g/mol. The summed E-state index contributed by atoms with van der Waals surface area (Å²) < 4.78 is 0. The number of benzene rings is 1. The molecule has 1 aromatic carbocycles. The molecule has 0 fully saturated rings. The molecule has 1 unspecified atom stereocenters. The maximum Gasteiger partial charge on any atom is 0.220 e. The number of nitrogens with one attached hydrogen (secondary N) is 1. The first-order valence-electron chi connectivity index (χ1n) is 5.37. The highest BCUT2D eigenvalue weighted by molar-refractivity contribution is 6.33. The van der Waals surface area contributed by atoms with Crippen LogP contribution in [-0.4, -0.2) is 11.7 Å². The number of primary amides is 1. The zero-order chi connectivity index (χ0) is 13.0. The van der Waals surface area contributed by atoms with Crippen LogP contribution in [0.15, 0.2) is 18.2 Å². The summed E-state index contributed by atoms with van der Waals surface area (Å²) in [5.41, 5.74) is 12.1. The maximum atomic E-state index is 11.1. The number of halogens is 1. The van der Waals surface area contributed by atoms with Gasteiger partial charge in [-0.25, -0.2) is 0 Å². The number of hydrogen-bond donors (Lipinski definition) is 3. The molecule has 0 aliphatic rings. The van der Waals surface area contributed by atoms with Crippen LogP contribution < -0.4 is 11.5 Å². The number of amidine groups is 1. The zero-order valence-electron chi connectivity index (χ0n) is 9.66. The minimum Gasteiger partial charge on any atom is -0.384 e. The molecule has 1 rings (SSSR count).